The third-order valence-corrected chi connectivity index (χ3v) is 8.37. The van der Waals surface area contributed by atoms with Gasteiger partial charge in [-0.05, 0) is 80.4 Å². The zero-order valence-corrected chi connectivity index (χ0v) is 22.5. The molecule has 0 saturated heterocycles. The molecule has 0 unspecified atom stereocenters. The van der Waals surface area contributed by atoms with Crippen molar-refractivity contribution < 1.29 is 9.53 Å². The summed E-state index contributed by atoms with van der Waals surface area (Å²) in [7, 11) is 2.20. The summed E-state index contributed by atoms with van der Waals surface area (Å²) in [6.07, 6.45) is 10.7. The molecular weight excluding hydrogens is 456 g/mol. The van der Waals surface area contributed by atoms with Gasteiger partial charge in [-0.3, -0.25) is 9.78 Å². The van der Waals surface area contributed by atoms with Crippen LogP contribution in [0.3, 0.4) is 0 Å². The number of aryl methyl sites for hydroxylation is 1. The lowest BCUT2D eigenvalue weighted by molar-refractivity contribution is -0.176. The molecule has 1 saturated carbocycles. The molecular formula is C33H40N2O2. The Morgan fingerprint density at radius 3 is 2.62 bits per heavy atom. The van der Waals surface area contributed by atoms with Crippen molar-refractivity contribution in [2.45, 2.75) is 58.0 Å². The number of esters is 1. The normalized spacial score (nSPS) is 23.0. The lowest BCUT2D eigenvalue weighted by Gasteiger charge is -2.50. The third-order valence-electron chi connectivity index (χ3n) is 8.37. The fourth-order valence-corrected chi connectivity index (χ4v) is 6.20. The average molecular weight is 497 g/mol. The van der Waals surface area contributed by atoms with Crippen LogP contribution in [0.25, 0.3) is 16.5 Å². The van der Waals surface area contributed by atoms with Crippen molar-refractivity contribution in [2.75, 3.05) is 20.1 Å². The van der Waals surface area contributed by atoms with Crippen molar-refractivity contribution in [2.24, 2.45) is 17.8 Å². The SMILES string of the molecule is CC(C)C(=O)O[C@]1(CCN(C)CCCc2cnc3ccccc3c2)C[C@@H]2CC[C@H]1C=C2c1ccccc1. The van der Waals surface area contributed by atoms with Crippen LogP contribution in [0.15, 0.2) is 72.9 Å². The summed E-state index contributed by atoms with van der Waals surface area (Å²) in [4.78, 5) is 19.9. The third kappa shape index (κ3) is 5.80. The van der Waals surface area contributed by atoms with Gasteiger partial charge < -0.3 is 9.64 Å². The molecule has 0 aliphatic heterocycles. The fourth-order valence-electron chi connectivity index (χ4n) is 6.20. The smallest absolute Gasteiger partial charge is 0.308 e. The van der Waals surface area contributed by atoms with E-state index in [1.807, 2.05) is 26.1 Å². The molecule has 1 heterocycles. The maximum atomic E-state index is 12.8. The summed E-state index contributed by atoms with van der Waals surface area (Å²) in [5.74, 6) is 0.572. The number of carbonyl (C=O) groups is 1. The summed E-state index contributed by atoms with van der Waals surface area (Å²) in [5, 5.41) is 1.21. The molecule has 2 aromatic carbocycles. The number of hydrogen-bond acceptors (Lipinski definition) is 4. The van der Waals surface area contributed by atoms with Crippen LogP contribution in [0.5, 0.6) is 0 Å². The Kier molecular flexibility index (Phi) is 7.76. The van der Waals surface area contributed by atoms with Crippen molar-refractivity contribution in [3.05, 3.63) is 84.1 Å². The lowest BCUT2D eigenvalue weighted by Crippen LogP contribution is -2.51. The Labute approximate surface area is 221 Å². The van der Waals surface area contributed by atoms with Gasteiger partial charge in [0.1, 0.15) is 5.60 Å². The van der Waals surface area contributed by atoms with E-state index in [4.69, 9.17) is 4.74 Å². The van der Waals surface area contributed by atoms with Gasteiger partial charge in [0.15, 0.2) is 0 Å². The number of fused-ring (bicyclic) bond motifs is 3. The number of allylic oxidation sites excluding steroid dienone is 1. The van der Waals surface area contributed by atoms with Gasteiger partial charge in [-0.15, -0.1) is 0 Å². The molecule has 194 valence electrons. The molecule has 6 rings (SSSR count). The summed E-state index contributed by atoms with van der Waals surface area (Å²) >= 11 is 0. The standard InChI is InChI=1S/C33H40N2O2/c1-24(2)32(36)37-33(22-28-15-16-29(33)21-30(28)26-11-5-4-6-12-26)17-19-35(3)18-9-10-25-20-27-13-7-8-14-31(27)34-23-25/h4-8,11-14,20-21,23-24,28-29H,9-10,15-19,22H2,1-3H3/t28-,29-,33+/m0/s1. The Hall–Kier alpha value is -2.98. The minimum Gasteiger partial charge on any atom is -0.458 e. The number of benzene rings is 2. The summed E-state index contributed by atoms with van der Waals surface area (Å²) in [5.41, 5.74) is 4.72. The zero-order chi connectivity index (χ0) is 25.8. The molecule has 1 aromatic heterocycles. The number of hydrogen-bond donors (Lipinski definition) is 0. The molecule has 0 radical (unpaired) electrons. The first-order valence-corrected chi connectivity index (χ1v) is 14.0. The summed E-state index contributed by atoms with van der Waals surface area (Å²) in [6.45, 7) is 5.82. The van der Waals surface area contributed by atoms with Gasteiger partial charge in [0, 0.05) is 30.5 Å². The minimum absolute atomic E-state index is 0.0614. The van der Waals surface area contributed by atoms with E-state index in [0.29, 0.717) is 5.92 Å². The topological polar surface area (TPSA) is 42.4 Å². The maximum Gasteiger partial charge on any atom is 0.308 e. The Morgan fingerprint density at radius 1 is 1.08 bits per heavy atom. The summed E-state index contributed by atoms with van der Waals surface area (Å²) < 4.78 is 6.41. The van der Waals surface area contributed by atoms with Crippen LogP contribution in [0.4, 0.5) is 0 Å². The predicted octanol–water partition coefficient (Wildman–Crippen LogP) is 6.94. The first-order valence-electron chi connectivity index (χ1n) is 14.0. The zero-order valence-electron chi connectivity index (χ0n) is 22.5. The Bertz CT molecular complexity index is 1250. The molecule has 1 fully saturated rings. The van der Waals surface area contributed by atoms with Gasteiger partial charge in [-0.1, -0.05) is 68.5 Å². The monoisotopic (exact) mass is 496 g/mol. The number of nitrogens with zero attached hydrogens (tertiary/aromatic N) is 2. The van der Waals surface area contributed by atoms with E-state index in [-0.39, 0.29) is 23.4 Å². The van der Waals surface area contributed by atoms with Crippen LogP contribution in [0.1, 0.15) is 57.1 Å². The van der Waals surface area contributed by atoms with E-state index in [9.17, 15) is 4.79 Å². The second kappa shape index (κ2) is 11.2. The number of para-hydroxylation sites is 1. The van der Waals surface area contributed by atoms with Crippen LogP contribution < -0.4 is 0 Å². The highest BCUT2D eigenvalue weighted by molar-refractivity contribution is 5.78. The van der Waals surface area contributed by atoms with Crippen LogP contribution >= 0.6 is 0 Å². The predicted molar refractivity (Wildman–Crippen MR) is 151 cm³/mol. The van der Waals surface area contributed by atoms with Crippen molar-refractivity contribution >= 4 is 22.4 Å². The molecule has 3 atom stereocenters. The van der Waals surface area contributed by atoms with Gasteiger partial charge in [0.25, 0.3) is 0 Å². The number of rotatable bonds is 10. The largest absolute Gasteiger partial charge is 0.458 e. The van der Waals surface area contributed by atoms with E-state index in [0.717, 1.165) is 50.7 Å². The number of pyridine rings is 1. The number of carbonyl (C=O) groups excluding carboxylic acids is 1. The maximum absolute atomic E-state index is 12.8. The van der Waals surface area contributed by atoms with E-state index < -0.39 is 0 Å². The first kappa shape index (κ1) is 25.7. The molecule has 0 spiro atoms. The van der Waals surface area contributed by atoms with Crippen molar-refractivity contribution in [1.29, 1.82) is 0 Å². The molecule has 0 amide bonds. The van der Waals surface area contributed by atoms with E-state index in [2.05, 4.69) is 77.6 Å². The number of aromatic nitrogens is 1. The highest BCUT2D eigenvalue weighted by Gasteiger charge is 2.50. The second-order valence-corrected chi connectivity index (χ2v) is 11.4. The number of ether oxygens (including phenoxy) is 1. The highest BCUT2D eigenvalue weighted by atomic mass is 16.6. The van der Waals surface area contributed by atoms with E-state index >= 15 is 0 Å². The quantitative estimate of drug-likeness (QED) is 0.285. The molecule has 37 heavy (non-hydrogen) atoms. The van der Waals surface area contributed by atoms with Crippen molar-refractivity contribution in [1.82, 2.24) is 9.88 Å². The molecule has 2 bridgehead atoms. The molecule has 0 N–H and O–H groups in total. The van der Waals surface area contributed by atoms with Crippen LogP contribution in [-0.2, 0) is 16.0 Å². The van der Waals surface area contributed by atoms with Crippen LogP contribution in [0, 0.1) is 17.8 Å². The Balaban J connectivity index is 1.23. The van der Waals surface area contributed by atoms with Gasteiger partial charge in [-0.25, -0.2) is 0 Å². The average Bonchev–Trinajstić information content (AvgIpc) is 2.92. The molecule has 3 aliphatic rings. The molecule has 3 aliphatic carbocycles. The van der Waals surface area contributed by atoms with E-state index in [1.54, 1.807) is 0 Å². The minimum atomic E-state index is -0.390. The van der Waals surface area contributed by atoms with Crippen LogP contribution in [0.2, 0.25) is 0 Å². The fraction of sp³-hybridized carbons (Fsp3) is 0.455. The highest BCUT2D eigenvalue weighted by Crippen LogP contribution is 2.53. The molecule has 3 aromatic rings. The van der Waals surface area contributed by atoms with Crippen molar-refractivity contribution in [3.8, 4) is 0 Å². The Morgan fingerprint density at radius 2 is 1.86 bits per heavy atom. The molecule has 4 nitrogen and oxygen atoms in total. The second-order valence-electron chi connectivity index (χ2n) is 11.4. The van der Waals surface area contributed by atoms with Gasteiger partial charge >= 0.3 is 5.97 Å². The van der Waals surface area contributed by atoms with Crippen molar-refractivity contribution in [3.63, 3.8) is 0 Å². The van der Waals surface area contributed by atoms with E-state index in [1.165, 1.54) is 28.5 Å². The van der Waals surface area contributed by atoms with Crippen LogP contribution in [-0.4, -0.2) is 41.6 Å². The van der Waals surface area contributed by atoms with Gasteiger partial charge in [-0.2, -0.15) is 0 Å². The summed E-state index contributed by atoms with van der Waals surface area (Å²) in [6, 6.07) is 21.3. The molecule has 4 heteroatoms. The van der Waals surface area contributed by atoms with Gasteiger partial charge in [0.2, 0.25) is 0 Å². The first-order chi connectivity index (χ1) is 17.9. The van der Waals surface area contributed by atoms with Gasteiger partial charge in [0.05, 0.1) is 11.4 Å². The lowest BCUT2D eigenvalue weighted by atomic mass is 9.60.